The van der Waals surface area contributed by atoms with Gasteiger partial charge < -0.3 is 0 Å². The Bertz CT molecular complexity index is 727. The van der Waals surface area contributed by atoms with E-state index in [4.69, 9.17) is 6.64 Å². The first-order valence-corrected chi connectivity index (χ1v) is 15.6. The standard InChI is InChI=1S/C26H44O4.C3H7O.O.Ti/c1-20(2)18-16-14-12-10-8-7-9-11-13-15-17-19-26(25(29)30,23(27)21(3)4)24(28)22(5)6;1-3(2)4;;/h20H,3,5,7-19H2,1-2,4,6H3,(H,29,30);3H,1-2H3;;/q;-1;;+2/p-1. The van der Waals surface area contributed by atoms with E-state index in [1.807, 2.05) is 0 Å². The van der Waals surface area contributed by atoms with Crippen molar-refractivity contribution in [1.82, 2.24) is 0 Å². The predicted molar refractivity (Wildman–Crippen MR) is 140 cm³/mol. The molecule has 0 atom stereocenters. The summed E-state index contributed by atoms with van der Waals surface area (Å²) >= 11 is -3.90. The van der Waals surface area contributed by atoms with Gasteiger partial charge in [-0.15, -0.1) is 0 Å². The molecule has 0 rings (SSSR count). The van der Waals surface area contributed by atoms with Crippen LogP contribution in [0.15, 0.2) is 24.3 Å². The number of rotatable bonds is 22. The summed E-state index contributed by atoms with van der Waals surface area (Å²) in [5.41, 5.74) is -1.96. The van der Waals surface area contributed by atoms with Crippen molar-refractivity contribution in [3.63, 3.8) is 0 Å². The van der Waals surface area contributed by atoms with Gasteiger partial charge in [0.1, 0.15) is 0 Å². The van der Waals surface area contributed by atoms with Gasteiger partial charge in [0.05, 0.1) is 0 Å². The van der Waals surface area contributed by atoms with E-state index >= 15 is 0 Å². The summed E-state index contributed by atoms with van der Waals surface area (Å²) in [6, 6.07) is 0. The van der Waals surface area contributed by atoms with E-state index < -0.39 is 47.7 Å². The van der Waals surface area contributed by atoms with Gasteiger partial charge in [-0.05, 0) is 5.92 Å². The summed E-state index contributed by atoms with van der Waals surface area (Å²) < 4.78 is 22.4. The van der Waals surface area contributed by atoms with Crippen molar-refractivity contribution < 1.29 is 43.0 Å². The number of unbranched alkanes of at least 4 members (excludes halogenated alkanes) is 10. The monoisotopic (exact) mass is 542 g/mol. The maximum atomic E-state index is 13.1. The average Bonchev–Trinajstić information content (AvgIpc) is 2.77. The van der Waals surface area contributed by atoms with E-state index in [9.17, 15) is 17.7 Å². The summed E-state index contributed by atoms with van der Waals surface area (Å²) in [6.07, 6.45) is 13.1. The van der Waals surface area contributed by atoms with Crippen molar-refractivity contribution in [2.24, 2.45) is 11.3 Å². The van der Waals surface area contributed by atoms with Gasteiger partial charge in [-0.1, -0.05) is 39.5 Å². The van der Waals surface area contributed by atoms with Crippen LogP contribution in [0.25, 0.3) is 0 Å². The molecule has 0 heterocycles. The zero-order valence-electron chi connectivity index (χ0n) is 23.7. The Labute approximate surface area is 226 Å². The first-order chi connectivity index (χ1) is 16.9. The molecule has 0 aromatic heterocycles. The van der Waals surface area contributed by atoms with Crippen LogP contribution in [0.5, 0.6) is 0 Å². The topological polar surface area (TPSA) is 86.7 Å². The molecule has 0 aliphatic rings. The third kappa shape index (κ3) is 13.3. The van der Waals surface area contributed by atoms with Crippen LogP contribution in [0.4, 0.5) is 0 Å². The summed E-state index contributed by atoms with van der Waals surface area (Å²) in [6.45, 7) is 18.1. The zero-order valence-corrected chi connectivity index (χ0v) is 25.3. The second kappa shape index (κ2) is 18.9. The summed E-state index contributed by atoms with van der Waals surface area (Å²) in [7, 11) is 0. The van der Waals surface area contributed by atoms with E-state index in [2.05, 4.69) is 27.0 Å². The first-order valence-electron chi connectivity index (χ1n) is 13.7. The van der Waals surface area contributed by atoms with Gasteiger partial charge in [-0.3, -0.25) is 0 Å². The molecule has 0 saturated carbocycles. The van der Waals surface area contributed by atoms with Gasteiger partial charge in [-0.25, -0.2) is 0 Å². The van der Waals surface area contributed by atoms with Crippen molar-refractivity contribution in [3.8, 4) is 0 Å². The molecule has 0 amide bonds. The van der Waals surface area contributed by atoms with Crippen LogP contribution < -0.4 is 0 Å². The fourth-order valence-corrected chi connectivity index (χ4v) is 5.44. The van der Waals surface area contributed by atoms with E-state index in [1.165, 1.54) is 58.8 Å². The number of carbonyl (C=O) groups is 3. The van der Waals surface area contributed by atoms with Crippen molar-refractivity contribution in [3.05, 3.63) is 24.3 Å². The number of carbonyl (C=O) groups excluding carboxylic acids is 3. The molecule has 0 aliphatic heterocycles. The van der Waals surface area contributed by atoms with Crippen LogP contribution in [-0.2, 0) is 43.0 Å². The fraction of sp³-hybridized carbons (Fsp3) is 0.759. The molecular formula is C29H50O6Ti. The third-order valence-electron chi connectivity index (χ3n) is 6.24. The molecule has 0 bridgehead atoms. The Morgan fingerprint density at radius 3 is 1.47 bits per heavy atom. The summed E-state index contributed by atoms with van der Waals surface area (Å²) in [5, 5.41) is 0. The minimum atomic E-state index is -3.90. The Kier molecular flexibility index (Phi) is 18.3. The van der Waals surface area contributed by atoms with E-state index in [1.54, 1.807) is 13.8 Å². The van der Waals surface area contributed by atoms with Gasteiger partial charge in [0.15, 0.2) is 0 Å². The van der Waals surface area contributed by atoms with Gasteiger partial charge in [0.2, 0.25) is 0 Å². The number of allylic oxidation sites excluding steroid dienone is 2. The normalized spacial score (nSPS) is 11.6. The molecule has 0 saturated heterocycles. The van der Waals surface area contributed by atoms with E-state index in [0.29, 0.717) is 6.42 Å². The quantitative estimate of drug-likeness (QED) is 0.0602. The SMILES string of the molecule is C=C(C)C(=O)C(CCCCCCCCCCCCCC(C)C)(C(=O)[O][Ti](=[O])[O]C(C)C)C(=O)C(=C)C. The Balaban J connectivity index is 4.84. The first kappa shape index (κ1) is 34.8. The molecule has 0 aromatic rings. The Hall–Kier alpha value is -1.24. The molecule has 0 aliphatic carbocycles. The van der Waals surface area contributed by atoms with Crippen LogP contribution in [-0.4, -0.2) is 23.6 Å². The molecule has 0 fully saturated rings. The molecule has 0 spiro atoms. The van der Waals surface area contributed by atoms with Gasteiger partial charge in [0.25, 0.3) is 0 Å². The van der Waals surface area contributed by atoms with Crippen molar-refractivity contribution in [2.45, 2.75) is 131 Å². The summed E-state index contributed by atoms with van der Waals surface area (Å²) in [5.74, 6) is -1.72. The third-order valence-corrected chi connectivity index (χ3v) is 7.83. The van der Waals surface area contributed by atoms with Crippen molar-refractivity contribution >= 4 is 17.5 Å². The molecular weight excluding hydrogens is 492 g/mol. The molecule has 0 unspecified atom stereocenters. The van der Waals surface area contributed by atoms with Crippen LogP contribution in [0.2, 0.25) is 0 Å². The molecule has 7 heteroatoms. The number of ketones is 2. The molecule has 0 radical (unpaired) electrons. The van der Waals surface area contributed by atoms with Crippen molar-refractivity contribution in [1.29, 1.82) is 0 Å². The Morgan fingerprint density at radius 2 is 1.11 bits per heavy atom. The molecule has 0 N–H and O–H groups in total. The predicted octanol–water partition coefficient (Wildman–Crippen LogP) is 7.75. The van der Waals surface area contributed by atoms with Gasteiger partial charge in [-0.2, -0.15) is 0 Å². The summed E-state index contributed by atoms with van der Waals surface area (Å²) in [4.78, 5) is 39.4. The average molecular weight is 543 g/mol. The molecule has 6 nitrogen and oxygen atoms in total. The van der Waals surface area contributed by atoms with E-state index in [-0.39, 0.29) is 17.6 Å². The van der Waals surface area contributed by atoms with Crippen molar-refractivity contribution in [2.75, 3.05) is 0 Å². The zero-order chi connectivity index (χ0) is 27.7. The van der Waals surface area contributed by atoms with Crippen LogP contribution >= 0.6 is 0 Å². The molecule has 36 heavy (non-hydrogen) atoms. The van der Waals surface area contributed by atoms with Crippen LogP contribution in [0, 0.1) is 11.3 Å². The fourth-order valence-electron chi connectivity index (χ4n) is 4.26. The van der Waals surface area contributed by atoms with Crippen LogP contribution in [0.3, 0.4) is 0 Å². The van der Waals surface area contributed by atoms with E-state index in [0.717, 1.165) is 31.6 Å². The van der Waals surface area contributed by atoms with Crippen LogP contribution in [0.1, 0.15) is 125 Å². The molecule has 206 valence electrons. The number of hydrogen-bond donors (Lipinski definition) is 0. The maximum absolute atomic E-state index is 13.1. The molecule has 0 aromatic carbocycles. The van der Waals surface area contributed by atoms with Gasteiger partial charge in [0, 0.05) is 0 Å². The second-order valence-corrected chi connectivity index (χ2v) is 12.2. The Morgan fingerprint density at radius 1 is 0.722 bits per heavy atom. The second-order valence-electron chi connectivity index (χ2n) is 10.8. The minimum absolute atomic E-state index is 0.0210. The van der Waals surface area contributed by atoms with Gasteiger partial charge >= 0.3 is 182 Å². The number of Topliss-reactive ketones (excluding diaryl/α,β-unsaturated/α-hetero) is 2. The number of hydrogen-bond acceptors (Lipinski definition) is 6.